The summed E-state index contributed by atoms with van der Waals surface area (Å²) in [4.78, 5) is 8.71. The van der Waals surface area contributed by atoms with Crippen LogP contribution in [0.2, 0.25) is 0 Å². The van der Waals surface area contributed by atoms with Gasteiger partial charge in [-0.05, 0) is 6.92 Å². The molecule has 84 valence electrons. The highest BCUT2D eigenvalue weighted by atomic mass is 32.1. The maximum atomic E-state index is 12.1. The van der Waals surface area contributed by atoms with Gasteiger partial charge in [0.05, 0.1) is 0 Å². The quantitative estimate of drug-likeness (QED) is 0.773. The van der Waals surface area contributed by atoms with Crippen molar-refractivity contribution in [2.24, 2.45) is 0 Å². The zero-order valence-corrected chi connectivity index (χ0v) is 9.63. The van der Waals surface area contributed by atoms with Gasteiger partial charge in [-0.2, -0.15) is 4.37 Å². The number of nitrogens with zero attached hydrogens (tertiary/aromatic N) is 4. The van der Waals surface area contributed by atoms with Gasteiger partial charge in [-0.15, -0.1) is 0 Å². The Hall–Kier alpha value is -0.750. The summed E-state index contributed by atoms with van der Waals surface area (Å²) in [5, 5.41) is 0.993. The van der Waals surface area contributed by atoms with Gasteiger partial charge in [-0.1, -0.05) is 0 Å². The molecule has 1 aromatic rings. The lowest BCUT2D eigenvalue weighted by Crippen LogP contribution is -2.47. The van der Waals surface area contributed by atoms with Gasteiger partial charge in [-0.3, -0.25) is 4.90 Å². The fourth-order valence-electron chi connectivity index (χ4n) is 1.70. The maximum Gasteiger partial charge on any atom is 0.205 e. The van der Waals surface area contributed by atoms with Gasteiger partial charge in [0.2, 0.25) is 5.13 Å². The van der Waals surface area contributed by atoms with Crippen LogP contribution in [0.4, 0.5) is 9.52 Å². The van der Waals surface area contributed by atoms with E-state index < -0.39 is 0 Å². The predicted octanol–water partition coefficient (Wildman–Crippen LogP) is 0.938. The number of hydrogen-bond donors (Lipinski definition) is 0. The van der Waals surface area contributed by atoms with Crippen molar-refractivity contribution in [3.8, 4) is 0 Å². The molecule has 0 amide bonds. The molecule has 4 nitrogen and oxygen atoms in total. The molecule has 1 fully saturated rings. The monoisotopic (exact) mass is 230 g/mol. The number of alkyl halides is 1. The first-order chi connectivity index (χ1) is 7.29. The molecule has 1 saturated heterocycles. The molecule has 1 aliphatic heterocycles. The van der Waals surface area contributed by atoms with Crippen LogP contribution < -0.4 is 4.90 Å². The van der Waals surface area contributed by atoms with Crippen molar-refractivity contribution in [1.29, 1.82) is 0 Å². The Kier molecular flexibility index (Phi) is 3.48. The summed E-state index contributed by atoms with van der Waals surface area (Å²) in [6.07, 6.45) is 0. The molecular formula is C9H15FN4S. The Labute approximate surface area is 92.9 Å². The highest BCUT2D eigenvalue weighted by Crippen LogP contribution is 2.18. The molecular weight excluding hydrogens is 215 g/mol. The van der Waals surface area contributed by atoms with E-state index in [0.717, 1.165) is 37.1 Å². The molecule has 0 radical (unpaired) electrons. The summed E-state index contributed by atoms with van der Waals surface area (Å²) in [5.74, 6) is 0.834. The van der Waals surface area contributed by atoms with Gasteiger partial charge in [0.15, 0.2) is 0 Å². The third kappa shape index (κ3) is 2.63. The van der Waals surface area contributed by atoms with Gasteiger partial charge in [0.25, 0.3) is 0 Å². The van der Waals surface area contributed by atoms with Gasteiger partial charge < -0.3 is 4.90 Å². The highest BCUT2D eigenvalue weighted by molar-refractivity contribution is 7.09. The van der Waals surface area contributed by atoms with Crippen molar-refractivity contribution < 1.29 is 4.39 Å². The van der Waals surface area contributed by atoms with Crippen molar-refractivity contribution in [2.45, 2.75) is 6.92 Å². The van der Waals surface area contributed by atoms with Crippen LogP contribution in [0.3, 0.4) is 0 Å². The molecule has 0 aliphatic carbocycles. The highest BCUT2D eigenvalue weighted by Gasteiger charge is 2.18. The van der Waals surface area contributed by atoms with Gasteiger partial charge in [-0.25, -0.2) is 9.37 Å². The summed E-state index contributed by atoms with van der Waals surface area (Å²) in [6.45, 7) is 5.90. The largest absolute Gasteiger partial charge is 0.344 e. The lowest BCUT2D eigenvalue weighted by Gasteiger charge is -2.33. The number of piperazine rings is 1. The number of aromatic nitrogens is 2. The average Bonchev–Trinajstić information content (AvgIpc) is 2.67. The van der Waals surface area contributed by atoms with Crippen LogP contribution >= 0.6 is 11.5 Å². The topological polar surface area (TPSA) is 32.3 Å². The first-order valence-electron chi connectivity index (χ1n) is 5.13. The Morgan fingerprint density at radius 1 is 1.33 bits per heavy atom. The van der Waals surface area contributed by atoms with Gasteiger partial charge >= 0.3 is 0 Å². The first-order valence-corrected chi connectivity index (χ1v) is 5.90. The van der Waals surface area contributed by atoms with E-state index >= 15 is 0 Å². The lowest BCUT2D eigenvalue weighted by molar-refractivity contribution is 0.235. The smallest absolute Gasteiger partial charge is 0.205 e. The number of aryl methyl sites for hydroxylation is 1. The summed E-state index contributed by atoms with van der Waals surface area (Å²) in [5.41, 5.74) is 0. The van der Waals surface area contributed by atoms with Crippen LogP contribution in [0.1, 0.15) is 5.82 Å². The van der Waals surface area contributed by atoms with E-state index in [1.165, 1.54) is 11.5 Å². The molecule has 0 spiro atoms. The zero-order chi connectivity index (χ0) is 10.7. The van der Waals surface area contributed by atoms with E-state index in [2.05, 4.69) is 19.2 Å². The van der Waals surface area contributed by atoms with Crippen LogP contribution in [-0.2, 0) is 0 Å². The van der Waals surface area contributed by atoms with Crippen molar-refractivity contribution in [3.05, 3.63) is 5.82 Å². The van der Waals surface area contributed by atoms with Crippen LogP contribution in [0, 0.1) is 6.92 Å². The molecule has 15 heavy (non-hydrogen) atoms. The molecule has 0 saturated carbocycles. The van der Waals surface area contributed by atoms with Crippen LogP contribution in [-0.4, -0.2) is 53.7 Å². The number of rotatable bonds is 3. The summed E-state index contributed by atoms with van der Waals surface area (Å²) in [6, 6.07) is 0. The van der Waals surface area contributed by atoms with Crippen molar-refractivity contribution in [3.63, 3.8) is 0 Å². The first kappa shape index (κ1) is 10.8. The van der Waals surface area contributed by atoms with Crippen LogP contribution in [0.25, 0.3) is 0 Å². The van der Waals surface area contributed by atoms with E-state index in [9.17, 15) is 4.39 Å². The van der Waals surface area contributed by atoms with Crippen LogP contribution in [0.5, 0.6) is 0 Å². The molecule has 0 N–H and O–H groups in total. The van der Waals surface area contributed by atoms with E-state index in [4.69, 9.17) is 0 Å². The van der Waals surface area contributed by atoms with Gasteiger partial charge in [0.1, 0.15) is 12.5 Å². The fraction of sp³-hybridized carbons (Fsp3) is 0.778. The fourth-order valence-corrected chi connectivity index (χ4v) is 2.42. The molecule has 6 heteroatoms. The molecule has 1 aromatic heterocycles. The third-order valence-corrected chi connectivity index (χ3v) is 3.43. The van der Waals surface area contributed by atoms with Gasteiger partial charge in [0, 0.05) is 44.3 Å². The predicted molar refractivity (Wildman–Crippen MR) is 59.3 cm³/mol. The van der Waals surface area contributed by atoms with Crippen LogP contribution in [0.15, 0.2) is 0 Å². The average molecular weight is 230 g/mol. The molecule has 2 heterocycles. The second-order valence-corrected chi connectivity index (χ2v) is 4.37. The van der Waals surface area contributed by atoms with E-state index in [1.807, 2.05) is 6.92 Å². The maximum absolute atomic E-state index is 12.1. The minimum atomic E-state index is -0.252. The Morgan fingerprint density at radius 2 is 2.07 bits per heavy atom. The molecule has 1 aliphatic rings. The summed E-state index contributed by atoms with van der Waals surface area (Å²) >= 11 is 1.44. The molecule has 2 rings (SSSR count). The molecule has 0 atom stereocenters. The lowest BCUT2D eigenvalue weighted by atomic mass is 10.3. The van der Waals surface area contributed by atoms with Crippen molar-refractivity contribution in [2.75, 3.05) is 44.3 Å². The Morgan fingerprint density at radius 3 is 2.60 bits per heavy atom. The Bertz CT molecular complexity index is 309. The summed E-state index contributed by atoms with van der Waals surface area (Å²) in [7, 11) is 0. The summed E-state index contributed by atoms with van der Waals surface area (Å²) < 4.78 is 16.3. The van der Waals surface area contributed by atoms with Crippen molar-refractivity contribution in [1.82, 2.24) is 14.3 Å². The molecule has 0 aromatic carbocycles. The standard InChI is InChI=1S/C9H15FN4S/c1-8-11-9(15-12-8)14-6-4-13(3-2-10)5-7-14/h2-7H2,1H3. The normalized spacial score (nSPS) is 18.4. The molecule has 0 bridgehead atoms. The Balaban J connectivity index is 1.88. The number of anilines is 1. The minimum Gasteiger partial charge on any atom is -0.344 e. The SMILES string of the molecule is Cc1nsc(N2CCN(CCF)CC2)n1. The van der Waals surface area contributed by atoms with E-state index in [1.54, 1.807) is 0 Å². The second-order valence-electron chi connectivity index (χ2n) is 3.64. The van der Waals surface area contributed by atoms with E-state index in [-0.39, 0.29) is 6.67 Å². The van der Waals surface area contributed by atoms with Crippen molar-refractivity contribution >= 4 is 16.7 Å². The number of hydrogen-bond acceptors (Lipinski definition) is 5. The number of halogens is 1. The second kappa shape index (κ2) is 4.85. The third-order valence-electron chi connectivity index (χ3n) is 2.56. The minimum absolute atomic E-state index is 0.252. The molecule has 0 unspecified atom stereocenters. The zero-order valence-electron chi connectivity index (χ0n) is 8.82. The van der Waals surface area contributed by atoms with E-state index in [0.29, 0.717) is 6.54 Å².